The fraction of sp³-hybridized carbons (Fsp3) is 0.667. The van der Waals surface area contributed by atoms with E-state index in [4.69, 9.17) is 0 Å². The van der Waals surface area contributed by atoms with Crippen LogP contribution in [0.5, 0.6) is 0 Å². The molecule has 0 aliphatic heterocycles. The van der Waals surface area contributed by atoms with Gasteiger partial charge in [0.25, 0.3) is 0 Å². The molecule has 0 saturated heterocycles. The highest BCUT2D eigenvalue weighted by Crippen LogP contribution is 2.23. The van der Waals surface area contributed by atoms with E-state index in [1.165, 1.54) is 0 Å². The molecule has 6 heteroatoms. The smallest absolute Gasteiger partial charge is 0.242 e. The van der Waals surface area contributed by atoms with E-state index in [9.17, 15) is 8.42 Å². The number of aryl methyl sites for hydroxylation is 1. The third-order valence-electron chi connectivity index (χ3n) is 3.07. The lowest BCUT2D eigenvalue weighted by atomic mass is 10.4. The predicted octanol–water partition coefficient (Wildman–Crippen LogP) is 1.06. The zero-order valence-corrected chi connectivity index (χ0v) is 11.8. The monoisotopic (exact) mass is 271 g/mol. The van der Waals surface area contributed by atoms with Gasteiger partial charge >= 0.3 is 0 Å². The van der Waals surface area contributed by atoms with Crippen molar-refractivity contribution < 1.29 is 8.42 Å². The van der Waals surface area contributed by atoms with E-state index in [-0.39, 0.29) is 6.04 Å². The van der Waals surface area contributed by atoms with Crippen molar-refractivity contribution >= 4 is 10.0 Å². The Morgan fingerprint density at radius 3 is 2.67 bits per heavy atom. The summed E-state index contributed by atoms with van der Waals surface area (Å²) in [5, 5.41) is 3.22. The molecule has 1 aromatic rings. The first kappa shape index (κ1) is 13.6. The lowest BCUT2D eigenvalue weighted by molar-refractivity contribution is 0.580. The molecule has 0 atom stereocenters. The molecule has 0 radical (unpaired) electrons. The minimum Gasteiger partial charge on any atom is -0.349 e. The molecular weight excluding hydrogens is 250 g/mol. The van der Waals surface area contributed by atoms with E-state index in [0.29, 0.717) is 11.4 Å². The first-order chi connectivity index (χ1) is 8.56. The van der Waals surface area contributed by atoms with Crippen LogP contribution in [0.4, 0.5) is 0 Å². The van der Waals surface area contributed by atoms with Crippen molar-refractivity contribution in [1.29, 1.82) is 0 Å². The molecule has 0 unspecified atom stereocenters. The molecule has 102 valence electrons. The summed E-state index contributed by atoms with van der Waals surface area (Å²) in [4.78, 5) is 0.379. The minimum absolute atomic E-state index is 0.150. The SMILES string of the molecule is CCNCc1cc(S(=O)(=O)NC2CC2)cn1CC. The van der Waals surface area contributed by atoms with Crippen LogP contribution in [0.3, 0.4) is 0 Å². The Labute approximate surface area is 109 Å². The van der Waals surface area contributed by atoms with Gasteiger partial charge in [-0.05, 0) is 32.4 Å². The number of nitrogens with zero attached hydrogens (tertiary/aromatic N) is 1. The Hall–Kier alpha value is -0.850. The van der Waals surface area contributed by atoms with Crippen LogP contribution in [0.1, 0.15) is 32.4 Å². The maximum atomic E-state index is 12.1. The summed E-state index contributed by atoms with van der Waals surface area (Å²) >= 11 is 0. The van der Waals surface area contributed by atoms with Gasteiger partial charge in [-0.25, -0.2) is 13.1 Å². The third kappa shape index (κ3) is 3.13. The molecule has 0 spiro atoms. The molecule has 1 heterocycles. The minimum atomic E-state index is -3.33. The average Bonchev–Trinajstić information content (AvgIpc) is 3.02. The molecule has 0 bridgehead atoms. The van der Waals surface area contributed by atoms with Gasteiger partial charge in [-0.1, -0.05) is 6.92 Å². The van der Waals surface area contributed by atoms with Gasteiger partial charge in [-0.2, -0.15) is 0 Å². The van der Waals surface area contributed by atoms with Gasteiger partial charge in [-0.15, -0.1) is 0 Å². The Morgan fingerprint density at radius 2 is 2.11 bits per heavy atom. The van der Waals surface area contributed by atoms with Crippen LogP contribution >= 0.6 is 0 Å². The molecule has 1 aliphatic rings. The number of hydrogen-bond donors (Lipinski definition) is 2. The van der Waals surface area contributed by atoms with Gasteiger partial charge in [0.15, 0.2) is 0 Å². The fourth-order valence-corrected chi connectivity index (χ4v) is 3.22. The number of rotatable bonds is 7. The van der Waals surface area contributed by atoms with Gasteiger partial charge < -0.3 is 9.88 Å². The standard InChI is InChI=1S/C12H21N3O2S/c1-3-13-8-11-7-12(9-15(11)4-2)18(16,17)14-10-5-6-10/h7,9-10,13-14H,3-6,8H2,1-2H3. The Bertz CT molecular complexity index is 503. The molecule has 5 nitrogen and oxygen atoms in total. The maximum absolute atomic E-state index is 12.1. The highest BCUT2D eigenvalue weighted by Gasteiger charge is 2.28. The molecule has 2 N–H and O–H groups in total. The second-order valence-corrected chi connectivity index (χ2v) is 6.34. The van der Waals surface area contributed by atoms with E-state index < -0.39 is 10.0 Å². The van der Waals surface area contributed by atoms with Gasteiger partial charge in [-0.3, -0.25) is 0 Å². The van der Waals surface area contributed by atoms with Crippen molar-refractivity contribution in [3.8, 4) is 0 Å². The first-order valence-electron chi connectivity index (χ1n) is 6.49. The van der Waals surface area contributed by atoms with Crippen molar-refractivity contribution in [3.63, 3.8) is 0 Å². The normalized spacial score (nSPS) is 16.1. The second-order valence-electron chi connectivity index (χ2n) is 4.63. The van der Waals surface area contributed by atoms with E-state index in [0.717, 1.165) is 31.6 Å². The number of hydrogen-bond acceptors (Lipinski definition) is 3. The predicted molar refractivity (Wildman–Crippen MR) is 70.8 cm³/mol. The highest BCUT2D eigenvalue weighted by atomic mass is 32.2. The molecular formula is C12H21N3O2S. The van der Waals surface area contributed by atoms with Crippen LogP contribution in [-0.2, 0) is 23.1 Å². The van der Waals surface area contributed by atoms with Crippen molar-refractivity contribution in [3.05, 3.63) is 18.0 Å². The summed E-state index contributed by atoms with van der Waals surface area (Å²) in [6, 6.07) is 1.91. The average molecular weight is 271 g/mol. The maximum Gasteiger partial charge on any atom is 0.242 e. The van der Waals surface area contributed by atoms with Crippen LogP contribution in [0.15, 0.2) is 17.2 Å². The van der Waals surface area contributed by atoms with Crippen molar-refractivity contribution in [2.45, 2.75) is 50.7 Å². The largest absolute Gasteiger partial charge is 0.349 e. The molecule has 0 amide bonds. The van der Waals surface area contributed by atoms with E-state index in [2.05, 4.69) is 10.0 Å². The Kier molecular flexibility index (Phi) is 4.09. The summed E-state index contributed by atoms with van der Waals surface area (Å²) < 4.78 is 28.9. The van der Waals surface area contributed by atoms with Gasteiger partial charge in [0.05, 0.1) is 4.90 Å². The quantitative estimate of drug-likeness (QED) is 0.779. The summed E-state index contributed by atoms with van der Waals surface area (Å²) in [6.07, 6.45) is 3.63. The Balaban J connectivity index is 2.19. The van der Waals surface area contributed by atoms with Crippen LogP contribution < -0.4 is 10.0 Å². The summed E-state index contributed by atoms with van der Waals surface area (Å²) in [5.74, 6) is 0. The number of nitrogens with one attached hydrogen (secondary N) is 2. The van der Waals surface area contributed by atoms with Crippen LogP contribution in [0, 0.1) is 0 Å². The third-order valence-corrected chi connectivity index (χ3v) is 4.55. The molecule has 1 aromatic heterocycles. The molecule has 2 rings (SSSR count). The van der Waals surface area contributed by atoms with E-state index in [1.807, 2.05) is 18.4 Å². The van der Waals surface area contributed by atoms with Gasteiger partial charge in [0.2, 0.25) is 10.0 Å². The van der Waals surface area contributed by atoms with Gasteiger partial charge in [0, 0.05) is 31.0 Å². The molecule has 1 aliphatic carbocycles. The van der Waals surface area contributed by atoms with E-state index >= 15 is 0 Å². The zero-order chi connectivity index (χ0) is 13.2. The topological polar surface area (TPSA) is 63.1 Å². The van der Waals surface area contributed by atoms with Crippen LogP contribution in [0.25, 0.3) is 0 Å². The summed E-state index contributed by atoms with van der Waals surface area (Å²) in [7, 11) is -3.33. The molecule has 1 fully saturated rings. The summed E-state index contributed by atoms with van der Waals surface area (Å²) in [5.41, 5.74) is 1.01. The van der Waals surface area contributed by atoms with Gasteiger partial charge in [0.1, 0.15) is 0 Å². The fourth-order valence-electron chi connectivity index (χ4n) is 1.86. The van der Waals surface area contributed by atoms with E-state index in [1.54, 1.807) is 12.3 Å². The summed E-state index contributed by atoms with van der Waals surface area (Å²) in [6.45, 7) is 6.39. The zero-order valence-electron chi connectivity index (χ0n) is 10.9. The second kappa shape index (κ2) is 5.42. The van der Waals surface area contributed by atoms with Crippen molar-refractivity contribution in [1.82, 2.24) is 14.6 Å². The lowest BCUT2D eigenvalue weighted by Gasteiger charge is -2.05. The lowest BCUT2D eigenvalue weighted by Crippen LogP contribution is -2.25. The highest BCUT2D eigenvalue weighted by molar-refractivity contribution is 7.89. The number of sulfonamides is 1. The molecule has 1 saturated carbocycles. The van der Waals surface area contributed by atoms with Crippen molar-refractivity contribution in [2.24, 2.45) is 0 Å². The number of aromatic nitrogens is 1. The van der Waals surface area contributed by atoms with Crippen LogP contribution in [-0.4, -0.2) is 25.6 Å². The van der Waals surface area contributed by atoms with Crippen molar-refractivity contribution in [2.75, 3.05) is 6.54 Å². The molecule has 0 aromatic carbocycles. The first-order valence-corrected chi connectivity index (χ1v) is 7.97. The van der Waals surface area contributed by atoms with Crippen LogP contribution in [0.2, 0.25) is 0 Å². The Morgan fingerprint density at radius 1 is 1.39 bits per heavy atom. The molecule has 18 heavy (non-hydrogen) atoms.